The third kappa shape index (κ3) is 2.93. The van der Waals surface area contributed by atoms with Crippen molar-refractivity contribution in [1.82, 2.24) is 4.98 Å². The minimum absolute atomic E-state index is 0.0715. The summed E-state index contributed by atoms with van der Waals surface area (Å²) in [4.78, 5) is 14.7. The number of hydrogen-bond donors (Lipinski definition) is 1. The van der Waals surface area contributed by atoms with Gasteiger partial charge in [0, 0.05) is 34.2 Å². The lowest BCUT2D eigenvalue weighted by atomic mass is 10.1. The van der Waals surface area contributed by atoms with E-state index in [0.717, 1.165) is 0 Å². The third-order valence-corrected chi connectivity index (χ3v) is 4.39. The molecule has 2 rings (SSSR count). The number of nitrogens with one attached hydrogen (secondary N) is 1. The van der Waals surface area contributed by atoms with Crippen LogP contribution in [0, 0.1) is 10.1 Å². The number of pyridine rings is 1. The average molecular weight is 293 g/mol. The number of nitrogens with zero attached hydrogens (tertiary/aromatic N) is 2. The van der Waals surface area contributed by atoms with Gasteiger partial charge >= 0.3 is 5.69 Å². The second kappa shape index (κ2) is 5.96. The quantitative estimate of drug-likeness (QED) is 0.675. The van der Waals surface area contributed by atoms with Gasteiger partial charge in [-0.25, -0.2) is 4.98 Å². The molecule has 2 unspecified atom stereocenters. The largest absolute Gasteiger partial charge is 0.378 e. The number of nitro groups is 1. The number of anilines is 1. The van der Waals surface area contributed by atoms with E-state index >= 15 is 0 Å². The van der Waals surface area contributed by atoms with Gasteiger partial charge in [-0.05, 0) is 13.0 Å². The van der Waals surface area contributed by atoms with Crippen molar-refractivity contribution >= 4 is 33.1 Å². The Morgan fingerprint density at radius 1 is 1.45 bits per heavy atom. The van der Waals surface area contributed by atoms with Crippen molar-refractivity contribution in [3.8, 4) is 0 Å². The van der Waals surface area contributed by atoms with Gasteiger partial charge in [0.1, 0.15) is 11.9 Å². The molecule has 0 bridgehead atoms. The zero-order valence-electron chi connectivity index (χ0n) is 11.2. The predicted molar refractivity (Wildman–Crippen MR) is 80.4 cm³/mol. The number of rotatable bonds is 5. The van der Waals surface area contributed by atoms with Gasteiger partial charge in [0.25, 0.3) is 0 Å². The van der Waals surface area contributed by atoms with Crippen molar-refractivity contribution in [3.63, 3.8) is 0 Å². The Kier molecular flexibility index (Phi) is 4.29. The van der Waals surface area contributed by atoms with Gasteiger partial charge in [-0.15, -0.1) is 0 Å². The highest BCUT2D eigenvalue weighted by Crippen LogP contribution is 2.31. The molecule has 1 aromatic heterocycles. The molecule has 7 heteroatoms. The Hall–Kier alpha value is -2.02. The van der Waals surface area contributed by atoms with Crippen LogP contribution in [0.4, 0.5) is 11.4 Å². The molecule has 0 radical (unpaired) electrons. The van der Waals surface area contributed by atoms with Gasteiger partial charge in [0.15, 0.2) is 0 Å². The van der Waals surface area contributed by atoms with Crippen molar-refractivity contribution in [3.05, 3.63) is 40.6 Å². The first-order chi connectivity index (χ1) is 9.50. The van der Waals surface area contributed by atoms with Crippen molar-refractivity contribution in [2.75, 3.05) is 18.1 Å². The zero-order chi connectivity index (χ0) is 14.7. The Morgan fingerprint density at radius 2 is 2.15 bits per heavy atom. The van der Waals surface area contributed by atoms with Crippen LogP contribution >= 0.6 is 0 Å². The molecular weight excluding hydrogens is 278 g/mol. The molecule has 0 fully saturated rings. The van der Waals surface area contributed by atoms with Gasteiger partial charge in [-0.1, -0.05) is 18.2 Å². The summed E-state index contributed by atoms with van der Waals surface area (Å²) in [5.74, 6) is 0. The van der Waals surface area contributed by atoms with Crippen molar-refractivity contribution in [2.45, 2.75) is 12.2 Å². The molecule has 0 amide bonds. The topological polar surface area (TPSA) is 85.1 Å². The average Bonchev–Trinajstić information content (AvgIpc) is 2.43. The first-order valence-corrected chi connectivity index (χ1v) is 7.71. The molecule has 0 aliphatic carbocycles. The Bertz CT molecular complexity index is 675. The van der Waals surface area contributed by atoms with Crippen LogP contribution in [-0.2, 0) is 10.8 Å². The second-order valence-corrected chi connectivity index (χ2v) is 6.28. The highest BCUT2D eigenvalue weighted by Gasteiger charge is 2.18. The van der Waals surface area contributed by atoms with Crippen LogP contribution in [0.1, 0.15) is 6.92 Å². The fourth-order valence-corrected chi connectivity index (χ4v) is 2.14. The van der Waals surface area contributed by atoms with Crippen molar-refractivity contribution in [2.24, 2.45) is 0 Å². The van der Waals surface area contributed by atoms with Gasteiger partial charge in [0.2, 0.25) is 0 Å². The Labute approximate surface area is 118 Å². The van der Waals surface area contributed by atoms with Gasteiger partial charge in [0.05, 0.1) is 10.4 Å². The first-order valence-electron chi connectivity index (χ1n) is 6.09. The normalized spacial score (nSPS) is 13.9. The molecule has 2 aromatic rings. The summed E-state index contributed by atoms with van der Waals surface area (Å²) < 4.78 is 11.4. The number of hydrogen-bond acceptors (Lipinski definition) is 5. The second-order valence-electron chi connectivity index (χ2n) is 4.48. The molecule has 0 saturated heterocycles. The summed E-state index contributed by atoms with van der Waals surface area (Å²) in [6.45, 7) is 2.23. The summed E-state index contributed by atoms with van der Waals surface area (Å²) in [5.41, 5.74) is 1.04. The van der Waals surface area contributed by atoms with E-state index < -0.39 is 15.7 Å². The Morgan fingerprint density at radius 3 is 2.80 bits per heavy atom. The zero-order valence-corrected chi connectivity index (χ0v) is 12.0. The number of aromatic nitrogens is 1. The molecule has 2 atom stereocenters. The lowest BCUT2D eigenvalue weighted by molar-refractivity contribution is -0.384. The van der Waals surface area contributed by atoms with Crippen LogP contribution in [0.15, 0.2) is 30.5 Å². The lowest BCUT2D eigenvalue weighted by Gasteiger charge is -2.13. The predicted octanol–water partition coefficient (Wildman–Crippen LogP) is 2.32. The van der Waals surface area contributed by atoms with E-state index in [0.29, 0.717) is 23.1 Å². The molecule has 0 aliphatic rings. The molecular formula is C13H15N3O3S. The highest BCUT2D eigenvalue weighted by atomic mass is 32.2. The minimum Gasteiger partial charge on any atom is -0.378 e. The molecule has 0 aliphatic heterocycles. The molecule has 106 valence electrons. The van der Waals surface area contributed by atoms with Crippen LogP contribution < -0.4 is 5.32 Å². The third-order valence-electron chi connectivity index (χ3n) is 3.09. The van der Waals surface area contributed by atoms with E-state index in [1.165, 1.54) is 6.20 Å². The molecule has 6 nitrogen and oxygen atoms in total. The van der Waals surface area contributed by atoms with E-state index in [9.17, 15) is 14.3 Å². The van der Waals surface area contributed by atoms with Gasteiger partial charge in [-0.2, -0.15) is 0 Å². The molecule has 0 saturated carbocycles. The maximum Gasteiger partial charge on any atom is 0.311 e. The van der Waals surface area contributed by atoms with Crippen LogP contribution in [-0.4, -0.2) is 32.2 Å². The SMILES string of the molecule is CC(CNc1c([N+](=O)[O-])cnc2ccccc12)S(C)=O. The number of benzene rings is 1. The maximum absolute atomic E-state index is 11.4. The van der Waals surface area contributed by atoms with Crippen LogP contribution in [0.3, 0.4) is 0 Å². The van der Waals surface area contributed by atoms with Crippen LogP contribution in [0.5, 0.6) is 0 Å². The van der Waals surface area contributed by atoms with Crippen molar-refractivity contribution in [1.29, 1.82) is 0 Å². The van der Waals surface area contributed by atoms with E-state index in [2.05, 4.69) is 10.3 Å². The molecule has 1 heterocycles. The smallest absolute Gasteiger partial charge is 0.311 e. The van der Waals surface area contributed by atoms with E-state index in [4.69, 9.17) is 0 Å². The number of fused-ring (bicyclic) bond motifs is 1. The summed E-state index contributed by atoms with van der Waals surface area (Å²) in [7, 11) is -0.983. The molecule has 20 heavy (non-hydrogen) atoms. The van der Waals surface area contributed by atoms with Crippen LogP contribution in [0.25, 0.3) is 10.9 Å². The van der Waals surface area contributed by atoms with Gasteiger partial charge < -0.3 is 5.32 Å². The molecule has 1 aromatic carbocycles. The highest BCUT2D eigenvalue weighted by molar-refractivity contribution is 7.84. The monoisotopic (exact) mass is 293 g/mol. The summed E-state index contributed by atoms with van der Waals surface area (Å²) in [6, 6.07) is 7.21. The molecule has 1 N–H and O–H groups in total. The van der Waals surface area contributed by atoms with Crippen molar-refractivity contribution < 1.29 is 9.13 Å². The summed E-state index contributed by atoms with van der Waals surface area (Å²) in [5, 5.41) is 14.7. The van der Waals surface area contributed by atoms with E-state index in [1.54, 1.807) is 24.5 Å². The molecule has 0 spiro atoms. The maximum atomic E-state index is 11.4. The number of para-hydroxylation sites is 1. The van der Waals surface area contributed by atoms with E-state index in [1.807, 2.05) is 13.0 Å². The fraction of sp³-hybridized carbons (Fsp3) is 0.308. The standard InChI is InChI=1S/C13H15N3O3S/c1-9(20(2)19)7-15-13-10-5-3-4-6-11(10)14-8-12(13)16(17)18/h3-6,8-9H,7H2,1-2H3,(H,14,15). The summed E-state index contributed by atoms with van der Waals surface area (Å²) >= 11 is 0. The summed E-state index contributed by atoms with van der Waals surface area (Å²) in [6.07, 6.45) is 2.86. The van der Waals surface area contributed by atoms with E-state index in [-0.39, 0.29) is 10.9 Å². The fourth-order valence-electron chi connectivity index (χ4n) is 1.82. The van der Waals surface area contributed by atoms with Crippen LogP contribution in [0.2, 0.25) is 0 Å². The Balaban J connectivity index is 2.44. The van der Waals surface area contributed by atoms with Gasteiger partial charge in [-0.3, -0.25) is 14.3 Å². The first kappa shape index (κ1) is 14.4. The minimum atomic E-state index is -0.983. The lowest BCUT2D eigenvalue weighted by Crippen LogP contribution is -2.21.